The van der Waals surface area contributed by atoms with Crippen LogP contribution in [0.2, 0.25) is 0 Å². The van der Waals surface area contributed by atoms with Gasteiger partial charge in [0.15, 0.2) is 0 Å². The topological polar surface area (TPSA) is 40.5 Å². The number of fused-ring (bicyclic) bond motifs is 1. The van der Waals surface area contributed by atoms with Gasteiger partial charge in [0.25, 0.3) is 0 Å². The summed E-state index contributed by atoms with van der Waals surface area (Å²) in [6.45, 7) is 0. The predicted molar refractivity (Wildman–Crippen MR) is 76.5 cm³/mol. The van der Waals surface area contributed by atoms with Gasteiger partial charge in [0.2, 0.25) is 5.91 Å². The molecule has 0 aliphatic carbocycles. The smallest absolute Gasteiger partial charge is 0.244 e. The molecule has 1 aliphatic rings. The van der Waals surface area contributed by atoms with Crippen molar-refractivity contribution < 1.29 is 14.3 Å². The zero-order chi connectivity index (χ0) is 14.3. The highest BCUT2D eigenvalue weighted by Crippen LogP contribution is 2.47. The molecule has 1 heterocycles. The van der Waals surface area contributed by atoms with Crippen LogP contribution in [0.4, 0.5) is 10.1 Å². The lowest BCUT2D eigenvalue weighted by molar-refractivity contribution is -0.118. The number of amides is 1. The molecular formula is C15H12FNO2S. The average Bonchev–Trinajstić information content (AvgIpc) is 2.46. The molecule has 20 heavy (non-hydrogen) atoms. The van der Waals surface area contributed by atoms with E-state index in [0.29, 0.717) is 5.56 Å². The minimum Gasteiger partial charge on any atom is -0.508 e. The molecule has 1 N–H and O–H groups in total. The van der Waals surface area contributed by atoms with Crippen LogP contribution in [0.3, 0.4) is 0 Å². The first-order valence-electron chi connectivity index (χ1n) is 6.09. The van der Waals surface area contributed by atoms with Crippen molar-refractivity contribution in [1.82, 2.24) is 0 Å². The highest BCUT2D eigenvalue weighted by molar-refractivity contribution is 8.00. The Kier molecular flexibility index (Phi) is 3.14. The van der Waals surface area contributed by atoms with Crippen LogP contribution < -0.4 is 4.90 Å². The van der Waals surface area contributed by atoms with Crippen LogP contribution in [0.25, 0.3) is 0 Å². The van der Waals surface area contributed by atoms with E-state index in [1.165, 1.54) is 30.0 Å². The van der Waals surface area contributed by atoms with Crippen molar-refractivity contribution in [2.24, 2.45) is 0 Å². The summed E-state index contributed by atoms with van der Waals surface area (Å²) in [6, 6.07) is 11.2. The Morgan fingerprint density at radius 1 is 1.25 bits per heavy atom. The number of hydrogen-bond donors (Lipinski definition) is 1. The van der Waals surface area contributed by atoms with Crippen LogP contribution in [-0.2, 0) is 4.79 Å². The lowest BCUT2D eigenvalue weighted by Crippen LogP contribution is -2.33. The maximum Gasteiger partial charge on any atom is 0.244 e. The molecule has 0 bridgehead atoms. The normalized spacial score (nSPS) is 18.0. The van der Waals surface area contributed by atoms with E-state index >= 15 is 0 Å². The average molecular weight is 289 g/mol. The molecule has 0 saturated carbocycles. The largest absolute Gasteiger partial charge is 0.508 e. The van der Waals surface area contributed by atoms with Crippen molar-refractivity contribution >= 4 is 23.4 Å². The molecule has 1 atom stereocenters. The van der Waals surface area contributed by atoms with Crippen molar-refractivity contribution in [2.45, 2.75) is 10.1 Å². The zero-order valence-corrected chi connectivity index (χ0v) is 11.5. The fraction of sp³-hybridized carbons (Fsp3) is 0.133. The molecule has 0 spiro atoms. The summed E-state index contributed by atoms with van der Waals surface area (Å²) in [5.74, 6) is -0.702. The molecule has 102 valence electrons. The number of aromatic hydroxyl groups is 1. The fourth-order valence-corrected chi connectivity index (χ4v) is 3.55. The summed E-state index contributed by atoms with van der Waals surface area (Å²) >= 11 is 1.33. The summed E-state index contributed by atoms with van der Waals surface area (Å²) in [5, 5.41) is 9.25. The highest BCUT2D eigenvalue weighted by Gasteiger charge is 2.34. The van der Waals surface area contributed by atoms with Gasteiger partial charge in [-0.05, 0) is 30.3 Å². The van der Waals surface area contributed by atoms with Crippen LogP contribution in [0.1, 0.15) is 10.8 Å². The van der Waals surface area contributed by atoms with E-state index < -0.39 is 11.1 Å². The number of halogens is 1. The molecule has 1 amide bonds. The first-order valence-corrected chi connectivity index (χ1v) is 6.97. The Labute approximate surface area is 120 Å². The van der Waals surface area contributed by atoms with E-state index in [1.807, 2.05) is 24.3 Å². The van der Waals surface area contributed by atoms with Gasteiger partial charge < -0.3 is 10.0 Å². The standard InChI is InChI=1S/C15H12FNO2S/c1-17-11-4-2-3-5-13(11)20-14(15(17)19)10-8-9(16)6-7-12(10)18/h2-8,14,18H,1H3. The number of carbonyl (C=O) groups excluding carboxylic acids is 1. The fourth-order valence-electron chi connectivity index (χ4n) is 2.24. The van der Waals surface area contributed by atoms with Gasteiger partial charge in [0.1, 0.15) is 16.8 Å². The minimum absolute atomic E-state index is 0.0648. The summed E-state index contributed by atoms with van der Waals surface area (Å²) in [4.78, 5) is 14.9. The van der Waals surface area contributed by atoms with Gasteiger partial charge in [-0.25, -0.2) is 4.39 Å². The SMILES string of the molecule is CN1C(=O)C(c2cc(F)ccc2O)Sc2ccccc21. The van der Waals surface area contributed by atoms with E-state index in [0.717, 1.165) is 10.6 Å². The molecule has 3 nitrogen and oxygen atoms in total. The lowest BCUT2D eigenvalue weighted by Gasteiger charge is -2.31. The number of phenolic OH excluding ortho intramolecular Hbond substituents is 1. The number of likely N-dealkylation sites (N-methyl/N-ethyl adjacent to an activating group) is 1. The Balaban J connectivity index is 2.08. The van der Waals surface area contributed by atoms with E-state index in [1.54, 1.807) is 11.9 Å². The number of thioether (sulfide) groups is 1. The Bertz CT molecular complexity index is 689. The van der Waals surface area contributed by atoms with E-state index in [9.17, 15) is 14.3 Å². The van der Waals surface area contributed by atoms with Crippen LogP contribution in [0.15, 0.2) is 47.4 Å². The van der Waals surface area contributed by atoms with Crippen LogP contribution in [0, 0.1) is 5.82 Å². The molecule has 0 aromatic heterocycles. The zero-order valence-electron chi connectivity index (χ0n) is 10.7. The molecule has 1 aliphatic heterocycles. The number of anilines is 1. The van der Waals surface area contributed by atoms with Crippen molar-refractivity contribution in [2.75, 3.05) is 11.9 Å². The van der Waals surface area contributed by atoms with Gasteiger partial charge in [-0.15, -0.1) is 11.8 Å². The second-order valence-corrected chi connectivity index (χ2v) is 5.71. The predicted octanol–water partition coefficient (Wildman–Crippen LogP) is 3.34. The first kappa shape index (κ1) is 13.0. The van der Waals surface area contributed by atoms with Crippen LogP contribution in [-0.4, -0.2) is 18.1 Å². The molecule has 2 aromatic rings. The number of nitrogens with zero attached hydrogens (tertiary/aromatic N) is 1. The molecule has 0 saturated heterocycles. The summed E-state index contributed by atoms with van der Waals surface area (Å²) in [6.07, 6.45) is 0. The second kappa shape index (κ2) is 4.83. The maximum atomic E-state index is 13.4. The van der Waals surface area contributed by atoms with Crippen molar-refractivity contribution in [3.8, 4) is 5.75 Å². The van der Waals surface area contributed by atoms with Gasteiger partial charge in [0, 0.05) is 17.5 Å². The van der Waals surface area contributed by atoms with Gasteiger partial charge in [0.05, 0.1) is 5.69 Å². The number of benzene rings is 2. The Morgan fingerprint density at radius 3 is 2.80 bits per heavy atom. The van der Waals surface area contributed by atoms with Crippen molar-refractivity contribution in [3.05, 3.63) is 53.8 Å². The molecule has 3 rings (SSSR count). The number of carbonyl (C=O) groups is 1. The highest BCUT2D eigenvalue weighted by atomic mass is 32.2. The van der Waals surface area contributed by atoms with Crippen molar-refractivity contribution in [3.63, 3.8) is 0 Å². The number of rotatable bonds is 1. The van der Waals surface area contributed by atoms with Gasteiger partial charge in [-0.1, -0.05) is 12.1 Å². The van der Waals surface area contributed by atoms with Crippen LogP contribution >= 0.6 is 11.8 Å². The van der Waals surface area contributed by atoms with Gasteiger partial charge in [-0.3, -0.25) is 4.79 Å². The van der Waals surface area contributed by atoms with Crippen molar-refractivity contribution in [1.29, 1.82) is 0 Å². The molecule has 0 radical (unpaired) electrons. The van der Waals surface area contributed by atoms with Gasteiger partial charge >= 0.3 is 0 Å². The number of para-hydroxylation sites is 1. The molecule has 2 aromatic carbocycles. The van der Waals surface area contributed by atoms with Gasteiger partial charge in [-0.2, -0.15) is 0 Å². The summed E-state index contributed by atoms with van der Waals surface area (Å²) in [5.41, 5.74) is 1.14. The third-order valence-electron chi connectivity index (χ3n) is 3.30. The minimum atomic E-state index is -0.634. The number of phenols is 1. The Hall–Kier alpha value is -2.01. The van der Waals surface area contributed by atoms with E-state index in [4.69, 9.17) is 0 Å². The molecule has 0 fully saturated rings. The Morgan fingerprint density at radius 2 is 2.00 bits per heavy atom. The second-order valence-electron chi connectivity index (χ2n) is 4.57. The first-order chi connectivity index (χ1) is 9.58. The number of hydrogen-bond acceptors (Lipinski definition) is 3. The molecular weight excluding hydrogens is 277 g/mol. The van der Waals surface area contributed by atoms with Crippen LogP contribution in [0.5, 0.6) is 5.75 Å². The lowest BCUT2D eigenvalue weighted by atomic mass is 10.1. The van der Waals surface area contributed by atoms with E-state index in [-0.39, 0.29) is 11.7 Å². The molecule has 5 heteroatoms. The monoisotopic (exact) mass is 289 g/mol. The van der Waals surface area contributed by atoms with E-state index in [2.05, 4.69) is 0 Å². The quantitative estimate of drug-likeness (QED) is 0.875. The summed E-state index contributed by atoms with van der Waals surface area (Å²) in [7, 11) is 1.68. The third kappa shape index (κ3) is 2.04. The maximum absolute atomic E-state index is 13.4. The molecule has 1 unspecified atom stereocenters. The third-order valence-corrected chi connectivity index (χ3v) is 4.59. The summed E-state index contributed by atoms with van der Waals surface area (Å²) < 4.78 is 13.4.